The molecule has 0 radical (unpaired) electrons. The Morgan fingerprint density at radius 3 is 2.58 bits per heavy atom. The Morgan fingerprint density at radius 1 is 1.21 bits per heavy atom. The van der Waals surface area contributed by atoms with Crippen molar-refractivity contribution in [2.75, 3.05) is 0 Å². The van der Waals surface area contributed by atoms with Crippen molar-refractivity contribution >= 4 is 5.97 Å². The number of esters is 1. The SMILES string of the molecule is CC(=O)OC1CCCC(OCc2ccccc2)C1C. The smallest absolute Gasteiger partial charge is 0.302 e. The van der Waals surface area contributed by atoms with Gasteiger partial charge in [0.2, 0.25) is 0 Å². The summed E-state index contributed by atoms with van der Waals surface area (Å²) in [6.45, 7) is 4.21. The molecule has 0 amide bonds. The molecule has 0 spiro atoms. The summed E-state index contributed by atoms with van der Waals surface area (Å²) in [7, 11) is 0. The summed E-state index contributed by atoms with van der Waals surface area (Å²) in [4.78, 5) is 11.1. The van der Waals surface area contributed by atoms with Crippen LogP contribution in [0.2, 0.25) is 0 Å². The van der Waals surface area contributed by atoms with Crippen molar-refractivity contribution in [2.24, 2.45) is 5.92 Å². The Morgan fingerprint density at radius 2 is 1.89 bits per heavy atom. The van der Waals surface area contributed by atoms with Gasteiger partial charge in [-0.25, -0.2) is 0 Å². The van der Waals surface area contributed by atoms with Gasteiger partial charge in [0.15, 0.2) is 0 Å². The van der Waals surface area contributed by atoms with E-state index in [0.717, 1.165) is 19.3 Å². The van der Waals surface area contributed by atoms with E-state index in [1.807, 2.05) is 18.2 Å². The third-order valence-electron chi connectivity index (χ3n) is 3.77. The van der Waals surface area contributed by atoms with Crippen LogP contribution in [0.4, 0.5) is 0 Å². The van der Waals surface area contributed by atoms with Gasteiger partial charge in [0.25, 0.3) is 0 Å². The van der Waals surface area contributed by atoms with Gasteiger partial charge in [0, 0.05) is 12.8 Å². The van der Waals surface area contributed by atoms with Crippen LogP contribution in [0.15, 0.2) is 30.3 Å². The van der Waals surface area contributed by atoms with Gasteiger partial charge < -0.3 is 9.47 Å². The maximum absolute atomic E-state index is 11.1. The number of benzene rings is 1. The van der Waals surface area contributed by atoms with E-state index in [9.17, 15) is 4.79 Å². The Labute approximate surface area is 114 Å². The lowest BCUT2D eigenvalue weighted by molar-refractivity contribution is -0.156. The second-order valence-corrected chi connectivity index (χ2v) is 5.27. The average Bonchev–Trinajstić information content (AvgIpc) is 2.40. The molecule has 1 aromatic carbocycles. The van der Waals surface area contributed by atoms with E-state index in [-0.39, 0.29) is 24.1 Å². The molecule has 1 aromatic rings. The molecule has 19 heavy (non-hydrogen) atoms. The van der Waals surface area contributed by atoms with Crippen molar-refractivity contribution in [3.05, 3.63) is 35.9 Å². The van der Waals surface area contributed by atoms with Crippen LogP contribution in [0.3, 0.4) is 0 Å². The molecule has 1 aliphatic carbocycles. The van der Waals surface area contributed by atoms with E-state index >= 15 is 0 Å². The third-order valence-corrected chi connectivity index (χ3v) is 3.77. The van der Waals surface area contributed by atoms with Gasteiger partial charge in [-0.3, -0.25) is 4.79 Å². The molecule has 3 atom stereocenters. The molecule has 0 heterocycles. The van der Waals surface area contributed by atoms with Gasteiger partial charge in [0.1, 0.15) is 6.10 Å². The molecule has 0 bridgehead atoms. The fourth-order valence-corrected chi connectivity index (χ4v) is 2.68. The highest BCUT2D eigenvalue weighted by molar-refractivity contribution is 5.66. The van der Waals surface area contributed by atoms with Gasteiger partial charge in [-0.2, -0.15) is 0 Å². The van der Waals surface area contributed by atoms with E-state index < -0.39 is 0 Å². The van der Waals surface area contributed by atoms with Crippen molar-refractivity contribution in [3.63, 3.8) is 0 Å². The zero-order chi connectivity index (χ0) is 13.7. The van der Waals surface area contributed by atoms with Crippen molar-refractivity contribution in [3.8, 4) is 0 Å². The molecule has 1 saturated carbocycles. The van der Waals surface area contributed by atoms with E-state index in [0.29, 0.717) is 6.61 Å². The first-order valence-electron chi connectivity index (χ1n) is 6.99. The summed E-state index contributed by atoms with van der Waals surface area (Å²) in [6, 6.07) is 10.2. The first-order valence-corrected chi connectivity index (χ1v) is 6.99. The average molecular weight is 262 g/mol. The molecule has 0 saturated heterocycles. The predicted octanol–water partition coefficient (Wildman–Crippen LogP) is 3.32. The Bertz CT molecular complexity index is 402. The van der Waals surface area contributed by atoms with E-state index in [4.69, 9.17) is 9.47 Å². The zero-order valence-corrected chi connectivity index (χ0v) is 11.7. The molecule has 3 heteroatoms. The molecule has 0 aliphatic heterocycles. The van der Waals surface area contributed by atoms with E-state index in [2.05, 4.69) is 19.1 Å². The summed E-state index contributed by atoms with van der Waals surface area (Å²) in [6.07, 6.45) is 3.24. The Kier molecular flexibility index (Phi) is 4.97. The summed E-state index contributed by atoms with van der Waals surface area (Å²) >= 11 is 0. The molecule has 2 rings (SSSR count). The lowest BCUT2D eigenvalue weighted by Gasteiger charge is -2.35. The molecule has 0 N–H and O–H groups in total. The van der Waals surface area contributed by atoms with Crippen molar-refractivity contribution in [2.45, 2.75) is 51.9 Å². The summed E-state index contributed by atoms with van der Waals surface area (Å²) in [5.74, 6) is 0.0712. The van der Waals surface area contributed by atoms with Gasteiger partial charge >= 0.3 is 5.97 Å². The monoisotopic (exact) mass is 262 g/mol. The highest BCUT2D eigenvalue weighted by Crippen LogP contribution is 2.29. The fraction of sp³-hybridized carbons (Fsp3) is 0.562. The van der Waals surface area contributed by atoms with E-state index in [1.54, 1.807) is 0 Å². The van der Waals surface area contributed by atoms with Crippen LogP contribution in [0.5, 0.6) is 0 Å². The van der Waals surface area contributed by atoms with Crippen LogP contribution in [0, 0.1) is 5.92 Å². The van der Waals surface area contributed by atoms with Gasteiger partial charge in [-0.05, 0) is 24.8 Å². The number of hydrogen-bond donors (Lipinski definition) is 0. The second kappa shape index (κ2) is 6.71. The summed E-state index contributed by atoms with van der Waals surface area (Å²) in [5, 5.41) is 0. The Hall–Kier alpha value is -1.35. The summed E-state index contributed by atoms with van der Waals surface area (Å²) < 4.78 is 11.4. The lowest BCUT2D eigenvalue weighted by Crippen LogP contribution is -2.38. The van der Waals surface area contributed by atoms with Gasteiger partial charge in [-0.15, -0.1) is 0 Å². The van der Waals surface area contributed by atoms with Crippen LogP contribution < -0.4 is 0 Å². The molecule has 0 aromatic heterocycles. The van der Waals surface area contributed by atoms with Crippen LogP contribution in [-0.2, 0) is 20.9 Å². The van der Waals surface area contributed by atoms with Crippen LogP contribution >= 0.6 is 0 Å². The fourth-order valence-electron chi connectivity index (χ4n) is 2.68. The predicted molar refractivity (Wildman–Crippen MR) is 73.6 cm³/mol. The maximum Gasteiger partial charge on any atom is 0.302 e. The number of carbonyl (C=O) groups excluding carboxylic acids is 1. The lowest BCUT2D eigenvalue weighted by atomic mass is 9.85. The highest BCUT2D eigenvalue weighted by Gasteiger charge is 2.32. The molecule has 1 fully saturated rings. The standard InChI is InChI=1S/C16H22O3/c1-12-15(9-6-10-16(12)19-13(2)17)18-11-14-7-4-3-5-8-14/h3-5,7-8,12,15-16H,6,9-11H2,1-2H3. The zero-order valence-electron chi connectivity index (χ0n) is 11.7. The molecule has 1 aliphatic rings. The first-order chi connectivity index (χ1) is 9.16. The number of hydrogen-bond acceptors (Lipinski definition) is 3. The maximum atomic E-state index is 11.1. The largest absolute Gasteiger partial charge is 0.462 e. The molecular weight excluding hydrogens is 240 g/mol. The molecule has 3 nitrogen and oxygen atoms in total. The second-order valence-electron chi connectivity index (χ2n) is 5.27. The minimum absolute atomic E-state index is 0.00650. The Balaban J connectivity index is 1.87. The van der Waals surface area contributed by atoms with Crippen LogP contribution in [-0.4, -0.2) is 18.2 Å². The van der Waals surface area contributed by atoms with Crippen LogP contribution in [0.1, 0.15) is 38.7 Å². The minimum atomic E-state index is -0.194. The van der Waals surface area contributed by atoms with Crippen molar-refractivity contribution in [1.82, 2.24) is 0 Å². The molecule has 3 unspecified atom stereocenters. The van der Waals surface area contributed by atoms with Crippen molar-refractivity contribution in [1.29, 1.82) is 0 Å². The minimum Gasteiger partial charge on any atom is -0.462 e. The number of carbonyl (C=O) groups is 1. The number of ether oxygens (including phenoxy) is 2. The molecular formula is C16H22O3. The third kappa shape index (κ3) is 4.06. The van der Waals surface area contributed by atoms with Gasteiger partial charge in [-0.1, -0.05) is 37.3 Å². The molecule has 104 valence electrons. The van der Waals surface area contributed by atoms with Gasteiger partial charge in [0.05, 0.1) is 12.7 Å². The van der Waals surface area contributed by atoms with E-state index in [1.165, 1.54) is 12.5 Å². The number of rotatable bonds is 4. The van der Waals surface area contributed by atoms with Crippen LogP contribution in [0.25, 0.3) is 0 Å². The first kappa shape index (κ1) is 14.1. The highest BCUT2D eigenvalue weighted by atomic mass is 16.5. The summed E-state index contributed by atoms with van der Waals surface area (Å²) in [5.41, 5.74) is 1.18. The normalized spacial score (nSPS) is 26.9. The quantitative estimate of drug-likeness (QED) is 0.781. The van der Waals surface area contributed by atoms with Crippen molar-refractivity contribution < 1.29 is 14.3 Å². The topological polar surface area (TPSA) is 35.5 Å².